The number of fused-ring (bicyclic) bond motifs is 1. The second-order valence-corrected chi connectivity index (χ2v) is 8.94. The zero-order valence-corrected chi connectivity index (χ0v) is 15.5. The minimum atomic E-state index is -0.826. The van der Waals surface area contributed by atoms with Gasteiger partial charge in [-0.05, 0) is 55.8 Å². The van der Waals surface area contributed by atoms with Crippen molar-refractivity contribution in [3.63, 3.8) is 0 Å². The molecule has 0 atom stereocenters. The Hall–Kier alpha value is 0.943. The summed E-state index contributed by atoms with van der Waals surface area (Å²) in [5.74, 6) is 5.51. The van der Waals surface area contributed by atoms with Crippen LogP contribution in [0.5, 0.6) is 0 Å². The third kappa shape index (κ3) is 3.82. The third-order valence-electron chi connectivity index (χ3n) is 3.74. The van der Waals surface area contributed by atoms with E-state index in [-0.39, 0.29) is 5.41 Å². The van der Waals surface area contributed by atoms with E-state index in [4.69, 9.17) is 17.0 Å². The van der Waals surface area contributed by atoms with E-state index in [1.54, 1.807) is 0 Å². The van der Waals surface area contributed by atoms with Crippen LogP contribution in [0, 0.1) is 67.6 Å². The van der Waals surface area contributed by atoms with Crippen molar-refractivity contribution in [3.8, 4) is 0 Å². The van der Waals surface area contributed by atoms with Gasteiger partial charge in [0.2, 0.25) is 0 Å². The van der Waals surface area contributed by atoms with Crippen LogP contribution < -0.4 is 0 Å². The van der Waals surface area contributed by atoms with Gasteiger partial charge in [-0.25, -0.2) is 0 Å². The van der Waals surface area contributed by atoms with Gasteiger partial charge in [-0.1, -0.05) is 38.2 Å². The molecule has 0 amide bonds. The molecule has 3 aliphatic rings. The number of rotatable bonds is 2. The fraction of sp³-hybridized carbons (Fsp3) is 0.176. The summed E-state index contributed by atoms with van der Waals surface area (Å²) in [6.45, 7) is 4.59. The molecule has 102 valence electrons. The molecule has 3 heteroatoms. The Labute approximate surface area is 143 Å². The predicted molar refractivity (Wildman–Crippen MR) is 82.5 cm³/mol. The molecule has 0 bridgehead atoms. The van der Waals surface area contributed by atoms with E-state index in [1.807, 2.05) is 0 Å². The van der Waals surface area contributed by atoms with Crippen molar-refractivity contribution in [2.24, 2.45) is 5.41 Å². The van der Waals surface area contributed by atoms with Gasteiger partial charge >= 0.3 is 37.9 Å². The van der Waals surface area contributed by atoms with Crippen molar-refractivity contribution in [1.29, 1.82) is 0 Å². The molecule has 0 spiro atoms. The Morgan fingerprint density at radius 1 is 0.900 bits per heavy atom. The number of allylic oxidation sites excluding steroid dienone is 4. The molecule has 20 heavy (non-hydrogen) atoms. The molecule has 3 rings (SSSR count). The number of hydrogen-bond donors (Lipinski definition) is 0. The van der Waals surface area contributed by atoms with Crippen LogP contribution in [0.25, 0.3) is 0 Å². The van der Waals surface area contributed by atoms with E-state index >= 15 is 0 Å². The Balaban J connectivity index is 0.000000452. The average molecular weight is 382 g/mol. The first kappa shape index (κ1) is 17.3. The summed E-state index contributed by atoms with van der Waals surface area (Å²) in [4.78, 5) is 0. The monoisotopic (exact) mass is 380 g/mol. The molecule has 0 N–H and O–H groups in total. The molecule has 0 heterocycles. The average Bonchev–Trinajstić information content (AvgIpc) is 3.10. The molecule has 2 saturated carbocycles. The zero-order valence-electron chi connectivity index (χ0n) is 11.5. The molecule has 10 radical (unpaired) electrons. The molecule has 0 aromatic carbocycles. The summed E-state index contributed by atoms with van der Waals surface area (Å²) in [6, 6.07) is 0. The summed E-state index contributed by atoms with van der Waals surface area (Å²) in [5.41, 5.74) is 0.0760. The molecule has 0 unspecified atom stereocenters. The maximum absolute atomic E-state index is 4.93. The summed E-state index contributed by atoms with van der Waals surface area (Å²) >= 11 is -0.826. The fourth-order valence-corrected chi connectivity index (χ4v) is 2.64. The predicted octanol–water partition coefficient (Wildman–Crippen LogP) is 5.07. The van der Waals surface area contributed by atoms with Crippen LogP contribution in [0.3, 0.4) is 0 Å². The standard InChI is InChI=1S/C17H16.2ClH.Zr/c1-17(2,14-8-4-5-9-14)16-12-11-13-7-3-6-10-15(13)16;;;/h3-12H,1-2H3;2*1H;/q;;;+2/p-2. The molecular formula is C17H16Cl2Zr. The zero-order chi connectivity index (χ0) is 14.6. The van der Waals surface area contributed by atoms with E-state index in [0.29, 0.717) is 0 Å². The van der Waals surface area contributed by atoms with Gasteiger partial charge < -0.3 is 0 Å². The summed E-state index contributed by atoms with van der Waals surface area (Å²) in [5, 5.41) is 0. The summed E-state index contributed by atoms with van der Waals surface area (Å²) < 4.78 is 0. The van der Waals surface area contributed by atoms with Gasteiger partial charge in [0.05, 0.1) is 0 Å². The molecule has 0 aliphatic heterocycles. The van der Waals surface area contributed by atoms with Gasteiger partial charge in [0.25, 0.3) is 0 Å². The van der Waals surface area contributed by atoms with Gasteiger partial charge in [-0.3, -0.25) is 0 Å². The van der Waals surface area contributed by atoms with Gasteiger partial charge in [0.15, 0.2) is 0 Å². The maximum atomic E-state index is 4.93. The Morgan fingerprint density at radius 2 is 1.50 bits per heavy atom. The Kier molecular flexibility index (Phi) is 6.90. The van der Waals surface area contributed by atoms with Crippen LogP contribution in [0.15, 0.2) is 24.3 Å². The SMILES string of the molecule is CC(C)([C]1[CH][CH][CH][CH]1)[C]1[CH][CH][C]2C=CC=C[C]21.[Cl][Zr][Cl]. The van der Waals surface area contributed by atoms with Gasteiger partial charge in [0.1, 0.15) is 0 Å². The molecule has 3 aliphatic carbocycles. The van der Waals surface area contributed by atoms with Gasteiger partial charge in [-0.15, -0.1) is 0 Å². The van der Waals surface area contributed by atoms with Crippen molar-refractivity contribution >= 4 is 17.0 Å². The number of hydrogen-bond acceptors (Lipinski definition) is 0. The van der Waals surface area contributed by atoms with E-state index in [1.165, 1.54) is 23.7 Å². The second-order valence-electron chi connectivity index (χ2n) is 5.20. The van der Waals surface area contributed by atoms with E-state index < -0.39 is 20.8 Å². The third-order valence-corrected chi connectivity index (χ3v) is 3.74. The van der Waals surface area contributed by atoms with Crippen molar-refractivity contribution < 1.29 is 20.8 Å². The first-order chi connectivity index (χ1) is 9.61. The van der Waals surface area contributed by atoms with Crippen molar-refractivity contribution in [2.75, 3.05) is 0 Å². The van der Waals surface area contributed by atoms with Crippen LogP contribution in [-0.4, -0.2) is 0 Å². The van der Waals surface area contributed by atoms with Crippen LogP contribution >= 0.6 is 17.0 Å². The fourth-order valence-electron chi connectivity index (χ4n) is 2.64. The summed E-state index contributed by atoms with van der Waals surface area (Å²) in [7, 11) is 9.87. The first-order valence-corrected chi connectivity index (χ1v) is 12.8. The molecular weight excluding hydrogens is 366 g/mol. The van der Waals surface area contributed by atoms with Crippen LogP contribution in [0.1, 0.15) is 13.8 Å². The van der Waals surface area contributed by atoms with Gasteiger partial charge in [0, 0.05) is 11.8 Å². The van der Waals surface area contributed by atoms with Gasteiger partial charge in [-0.2, -0.15) is 0 Å². The Morgan fingerprint density at radius 3 is 2.15 bits per heavy atom. The van der Waals surface area contributed by atoms with Crippen molar-refractivity contribution in [1.82, 2.24) is 0 Å². The quantitative estimate of drug-likeness (QED) is 0.626. The van der Waals surface area contributed by atoms with Crippen LogP contribution in [0.2, 0.25) is 0 Å². The van der Waals surface area contributed by atoms with E-state index in [2.05, 4.69) is 76.7 Å². The van der Waals surface area contributed by atoms with Crippen LogP contribution in [-0.2, 0) is 20.8 Å². The summed E-state index contributed by atoms with van der Waals surface area (Å²) in [6.07, 6.45) is 21.7. The minimum absolute atomic E-state index is 0.0760. The molecule has 0 aromatic rings. The second kappa shape index (κ2) is 7.98. The van der Waals surface area contributed by atoms with Crippen LogP contribution in [0.4, 0.5) is 0 Å². The molecule has 0 nitrogen and oxygen atoms in total. The molecule has 0 aromatic heterocycles. The van der Waals surface area contributed by atoms with E-state index in [0.717, 1.165) is 0 Å². The molecule has 2 fully saturated rings. The van der Waals surface area contributed by atoms with Crippen molar-refractivity contribution in [2.45, 2.75) is 13.8 Å². The number of halogens is 2. The first-order valence-electron chi connectivity index (χ1n) is 6.44. The topological polar surface area (TPSA) is 0 Å². The normalized spacial score (nSPS) is 24.6. The van der Waals surface area contributed by atoms with E-state index in [9.17, 15) is 0 Å². The molecule has 0 saturated heterocycles. The Bertz CT molecular complexity index is 356. The van der Waals surface area contributed by atoms with Crippen molar-refractivity contribution in [3.05, 3.63) is 86.5 Å².